The zero-order valence-electron chi connectivity index (χ0n) is 6.01. The van der Waals surface area contributed by atoms with Gasteiger partial charge in [0.1, 0.15) is 0 Å². The van der Waals surface area contributed by atoms with E-state index >= 15 is 0 Å². The van der Waals surface area contributed by atoms with Crippen molar-refractivity contribution < 1.29 is 9.57 Å². The van der Waals surface area contributed by atoms with E-state index in [9.17, 15) is 0 Å². The third-order valence-corrected chi connectivity index (χ3v) is 1.56. The molecule has 0 bridgehead atoms. The molecule has 1 fully saturated rings. The van der Waals surface area contributed by atoms with E-state index in [1.165, 1.54) is 0 Å². The van der Waals surface area contributed by atoms with Crippen LogP contribution in [0.2, 0.25) is 0 Å². The maximum atomic E-state index is 5.38. The number of rotatable bonds is 3. The first-order chi connectivity index (χ1) is 4.93. The highest BCUT2D eigenvalue weighted by molar-refractivity contribution is 4.65. The molecule has 1 unspecified atom stereocenters. The van der Waals surface area contributed by atoms with Crippen molar-refractivity contribution >= 4 is 0 Å². The van der Waals surface area contributed by atoms with E-state index in [1.54, 1.807) is 0 Å². The fourth-order valence-electron chi connectivity index (χ4n) is 1.00. The van der Waals surface area contributed by atoms with Crippen LogP contribution in [0.1, 0.15) is 6.42 Å². The van der Waals surface area contributed by atoms with Gasteiger partial charge in [-0.05, 0) is 0 Å². The van der Waals surface area contributed by atoms with Crippen LogP contribution in [0, 0.1) is 0 Å². The Morgan fingerprint density at radius 1 is 1.70 bits per heavy atom. The molecule has 60 valence electrons. The molecule has 4 heteroatoms. The monoisotopic (exact) mass is 146 g/mol. The second-order valence-corrected chi connectivity index (χ2v) is 2.36. The van der Waals surface area contributed by atoms with Crippen molar-refractivity contribution in [3.63, 3.8) is 0 Å². The van der Waals surface area contributed by atoms with Crippen LogP contribution < -0.4 is 11.2 Å². The van der Waals surface area contributed by atoms with Crippen LogP contribution in [0.15, 0.2) is 0 Å². The van der Waals surface area contributed by atoms with E-state index < -0.39 is 0 Å². The van der Waals surface area contributed by atoms with Gasteiger partial charge in [0.25, 0.3) is 0 Å². The Morgan fingerprint density at radius 2 is 2.60 bits per heavy atom. The van der Waals surface area contributed by atoms with E-state index in [1.807, 2.05) is 0 Å². The Kier molecular flexibility index (Phi) is 3.67. The first-order valence-electron chi connectivity index (χ1n) is 3.57. The van der Waals surface area contributed by atoms with Crippen molar-refractivity contribution in [2.75, 3.05) is 26.3 Å². The number of ether oxygens (including phenoxy) is 1. The van der Waals surface area contributed by atoms with E-state index in [-0.39, 0.29) is 6.10 Å². The van der Waals surface area contributed by atoms with Gasteiger partial charge in [0, 0.05) is 19.5 Å². The van der Waals surface area contributed by atoms with Gasteiger partial charge in [0.15, 0.2) is 0 Å². The Morgan fingerprint density at radius 3 is 3.20 bits per heavy atom. The normalized spacial score (nSPS) is 26.7. The van der Waals surface area contributed by atoms with Crippen molar-refractivity contribution in [1.29, 1.82) is 0 Å². The topological polar surface area (TPSA) is 56.5 Å². The summed E-state index contributed by atoms with van der Waals surface area (Å²) in [4.78, 5) is 4.44. The molecule has 10 heavy (non-hydrogen) atoms. The molecule has 0 aliphatic carbocycles. The number of morpholine rings is 1. The summed E-state index contributed by atoms with van der Waals surface area (Å²) in [6.45, 7) is 3.25. The van der Waals surface area contributed by atoms with E-state index in [2.05, 4.69) is 10.2 Å². The van der Waals surface area contributed by atoms with Crippen LogP contribution in [-0.4, -0.2) is 32.4 Å². The standard InChI is InChI=1S/C6H14N2O2/c7-10-3-1-6-5-8-2-4-9-6/h6,8H,1-5,7H2. The molecule has 0 saturated carbocycles. The van der Waals surface area contributed by atoms with Crippen molar-refractivity contribution in [2.45, 2.75) is 12.5 Å². The highest BCUT2D eigenvalue weighted by Gasteiger charge is 2.11. The molecule has 4 nitrogen and oxygen atoms in total. The van der Waals surface area contributed by atoms with Crippen LogP contribution in [0.3, 0.4) is 0 Å². The first-order valence-corrected chi connectivity index (χ1v) is 3.57. The molecule has 1 heterocycles. The second kappa shape index (κ2) is 4.62. The number of nitrogens with two attached hydrogens (primary N) is 1. The maximum absolute atomic E-state index is 5.38. The van der Waals surface area contributed by atoms with Crippen LogP contribution in [0.5, 0.6) is 0 Å². The molecule has 3 N–H and O–H groups in total. The predicted molar refractivity (Wildman–Crippen MR) is 37.4 cm³/mol. The summed E-state index contributed by atoms with van der Waals surface area (Å²) in [5.74, 6) is 4.87. The lowest BCUT2D eigenvalue weighted by Crippen LogP contribution is -2.39. The van der Waals surface area contributed by atoms with Gasteiger partial charge in [0.2, 0.25) is 0 Å². The summed E-state index contributed by atoms with van der Waals surface area (Å²) in [5.41, 5.74) is 0. The number of nitrogens with one attached hydrogen (secondary N) is 1. The first kappa shape index (κ1) is 7.94. The van der Waals surface area contributed by atoms with Gasteiger partial charge >= 0.3 is 0 Å². The SMILES string of the molecule is NOCCC1CNCCO1. The third kappa shape index (κ3) is 2.62. The Labute approximate surface area is 60.6 Å². The summed E-state index contributed by atoms with van der Waals surface area (Å²) in [5, 5.41) is 3.22. The fraction of sp³-hybridized carbons (Fsp3) is 1.00. The van der Waals surface area contributed by atoms with Crippen molar-refractivity contribution in [3.05, 3.63) is 0 Å². The molecule has 1 saturated heterocycles. The molecule has 1 rings (SSSR count). The molecule has 1 aliphatic rings. The predicted octanol–water partition coefficient (Wildman–Crippen LogP) is -0.745. The van der Waals surface area contributed by atoms with Gasteiger partial charge in [-0.2, -0.15) is 0 Å². The van der Waals surface area contributed by atoms with Crippen molar-refractivity contribution in [3.8, 4) is 0 Å². The molecule has 0 aromatic carbocycles. The lowest BCUT2D eigenvalue weighted by Gasteiger charge is -2.22. The lowest BCUT2D eigenvalue weighted by molar-refractivity contribution is 0.00265. The molecule has 0 amide bonds. The van der Waals surface area contributed by atoms with E-state index in [0.29, 0.717) is 6.61 Å². The van der Waals surface area contributed by atoms with E-state index in [4.69, 9.17) is 10.6 Å². The third-order valence-electron chi connectivity index (χ3n) is 1.56. The van der Waals surface area contributed by atoms with Crippen LogP contribution in [-0.2, 0) is 9.57 Å². The van der Waals surface area contributed by atoms with Gasteiger partial charge < -0.3 is 14.9 Å². The lowest BCUT2D eigenvalue weighted by atomic mass is 10.2. The summed E-state index contributed by atoms with van der Waals surface area (Å²) >= 11 is 0. The molecule has 0 aromatic heterocycles. The second-order valence-electron chi connectivity index (χ2n) is 2.36. The summed E-state index contributed by atoms with van der Waals surface area (Å²) < 4.78 is 5.38. The zero-order chi connectivity index (χ0) is 7.23. The van der Waals surface area contributed by atoms with Crippen LogP contribution in [0.25, 0.3) is 0 Å². The number of hydrogen-bond donors (Lipinski definition) is 2. The fourth-order valence-corrected chi connectivity index (χ4v) is 1.00. The quantitative estimate of drug-likeness (QED) is 0.515. The maximum Gasteiger partial charge on any atom is 0.0722 e. The Hall–Kier alpha value is -0.160. The van der Waals surface area contributed by atoms with Crippen molar-refractivity contribution in [2.24, 2.45) is 5.90 Å². The van der Waals surface area contributed by atoms with Gasteiger partial charge in [-0.25, -0.2) is 5.90 Å². The van der Waals surface area contributed by atoms with Crippen LogP contribution in [0.4, 0.5) is 0 Å². The number of hydrogen-bond acceptors (Lipinski definition) is 4. The highest BCUT2D eigenvalue weighted by Crippen LogP contribution is 1.99. The molecule has 1 atom stereocenters. The minimum Gasteiger partial charge on any atom is -0.375 e. The van der Waals surface area contributed by atoms with Crippen LogP contribution >= 0.6 is 0 Å². The zero-order valence-corrected chi connectivity index (χ0v) is 6.01. The Balaban J connectivity index is 2.02. The van der Waals surface area contributed by atoms with Gasteiger partial charge in [-0.1, -0.05) is 0 Å². The summed E-state index contributed by atoms with van der Waals surface area (Å²) in [7, 11) is 0. The Bertz CT molecular complexity index is 83.8. The molecule has 0 aromatic rings. The summed E-state index contributed by atoms with van der Waals surface area (Å²) in [6.07, 6.45) is 1.17. The van der Waals surface area contributed by atoms with Gasteiger partial charge in [0.05, 0.1) is 19.3 Å². The molecule has 0 spiro atoms. The smallest absolute Gasteiger partial charge is 0.0722 e. The summed E-state index contributed by atoms with van der Waals surface area (Å²) in [6, 6.07) is 0. The largest absolute Gasteiger partial charge is 0.375 e. The van der Waals surface area contributed by atoms with Gasteiger partial charge in [-0.3, -0.25) is 0 Å². The minimum absolute atomic E-state index is 0.289. The molecular weight excluding hydrogens is 132 g/mol. The average Bonchev–Trinajstić information content (AvgIpc) is 2.03. The highest BCUT2D eigenvalue weighted by atomic mass is 16.6. The van der Waals surface area contributed by atoms with Crippen molar-refractivity contribution in [1.82, 2.24) is 5.32 Å². The molecular formula is C6H14N2O2. The molecule has 1 aliphatic heterocycles. The molecule has 0 radical (unpaired) electrons. The van der Waals surface area contributed by atoms with Gasteiger partial charge in [-0.15, -0.1) is 0 Å². The average molecular weight is 146 g/mol. The minimum atomic E-state index is 0.289. The van der Waals surface area contributed by atoms with E-state index in [0.717, 1.165) is 26.1 Å².